The molecule has 0 N–H and O–H groups in total. The molecule has 1 aromatic rings. The lowest BCUT2D eigenvalue weighted by atomic mass is 10.1. The largest absolute Gasteiger partial charge is 0.467 e. The highest BCUT2D eigenvalue weighted by Crippen LogP contribution is 2.22. The van der Waals surface area contributed by atoms with Crippen molar-refractivity contribution < 1.29 is 14.3 Å². The fraction of sp³-hybridized carbons (Fsp3) is 0.467. The molecule has 20 heavy (non-hydrogen) atoms. The van der Waals surface area contributed by atoms with E-state index in [-0.39, 0.29) is 11.9 Å². The predicted molar refractivity (Wildman–Crippen MR) is 76.8 cm³/mol. The number of rotatable bonds is 3. The van der Waals surface area contributed by atoms with Gasteiger partial charge in [-0.2, -0.15) is 0 Å². The minimum atomic E-state index is -0.443. The zero-order valence-corrected chi connectivity index (χ0v) is 12.1. The quantitative estimate of drug-likeness (QED) is 0.786. The van der Waals surface area contributed by atoms with Crippen LogP contribution in [-0.4, -0.2) is 50.6 Å². The highest BCUT2D eigenvalue weighted by molar-refractivity contribution is 5.97. The first-order chi connectivity index (χ1) is 9.54. The summed E-state index contributed by atoms with van der Waals surface area (Å²) in [7, 11) is 5.25. The van der Waals surface area contributed by atoms with E-state index >= 15 is 0 Å². The number of carbonyl (C=O) groups is 2. The molecule has 1 atom stereocenters. The maximum absolute atomic E-state index is 12.5. The van der Waals surface area contributed by atoms with Crippen LogP contribution in [0.4, 0.5) is 5.69 Å². The molecule has 0 spiro atoms. The molecule has 1 unspecified atom stereocenters. The van der Waals surface area contributed by atoms with Crippen molar-refractivity contribution in [3.05, 3.63) is 29.8 Å². The average Bonchev–Trinajstić information content (AvgIpc) is 2.95. The van der Waals surface area contributed by atoms with Crippen molar-refractivity contribution in [2.75, 3.05) is 32.6 Å². The van der Waals surface area contributed by atoms with Gasteiger partial charge in [0.1, 0.15) is 6.04 Å². The summed E-state index contributed by atoms with van der Waals surface area (Å²) in [5.74, 6) is -0.441. The Morgan fingerprint density at radius 2 is 1.90 bits per heavy atom. The molecule has 0 bridgehead atoms. The molecule has 0 radical (unpaired) electrons. The first-order valence-electron chi connectivity index (χ1n) is 6.70. The lowest BCUT2D eigenvalue weighted by molar-refractivity contribution is -0.145. The van der Waals surface area contributed by atoms with Crippen LogP contribution in [0.15, 0.2) is 24.3 Å². The number of hydrogen-bond donors (Lipinski definition) is 0. The number of amides is 1. The van der Waals surface area contributed by atoms with Gasteiger partial charge in [-0.25, -0.2) is 4.79 Å². The Labute approximate surface area is 119 Å². The number of esters is 1. The third kappa shape index (κ3) is 2.76. The second-order valence-electron chi connectivity index (χ2n) is 5.12. The summed E-state index contributed by atoms with van der Waals surface area (Å²) >= 11 is 0. The molecular weight excluding hydrogens is 256 g/mol. The first kappa shape index (κ1) is 14.4. The zero-order chi connectivity index (χ0) is 14.7. The molecular formula is C15H20N2O3. The van der Waals surface area contributed by atoms with Gasteiger partial charge < -0.3 is 14.5 Å². The molecule has 1 aromatic carbocycles. The van der Waals surface area contributed by atoms with Gasteiger partial charge in [-0.05, 0) is 37.1 Å². The fourth-order valence-corrected chi connectivity index (χ4v) is 2.46. The topological polar surface area (TPSA) is 49.9 Å². The summed E-state index contributed by atoms with van der Waals surface area (Å²) in [6, 6.07) is 6.95. The minimum Gasteiger partial charge on any atom is -0.467 e. The van der Waals surface area contributed by atoms with Gasteiger partial charge in [-0.3, -0.25) is 4.79 Å². The number of hydrogen-bond acceptors (Lipinski definition) is 4. The van der Waals surface area contributed by atoms with Crippen LogP contribution in [0.1, 0.15) is 23.2 Å². The maximum atomic E-state index is 12.5. The van der Waals surface area contributed by atoms with Crippen molar-refractivity contribution in [3.63, 3.8) is 0 Å². The Bertz CT molecular complexity index is 496. The van der Waals surface area contributed by atoms with Crippen LogP contribution in [-0.2, 0) is 9.53 Å². The van der Waals surface area contributed by atoms with Crippen molar-refractivity contribution in [1.82, 2.24) is 4.90 Å². The van der Waals surface area contributed by atoms with E-state index in [9.17, 15) is 9.59 Å². The van der Waals surface area contributed by atoms with E-state index in [1.165, 1.54) is 7.11 Å². The van der Waals surface area contributed by atoms with Gasteiger partial charge in [0.05, 0.1) is 7.11 Å². The summed E-state index contributed by atoms with van der Waals surface area (Å²) in [6.07, 6.45) is 1.51. The van der Waals surface area contributed by atoms with Crippen molar-refractivity contribution in [2.45, 2.75) is 18.9 Å². The van der Waals surface area contributed by atoms with E-state index in [1.807, 2.05) is 31.1 Å². The molecule has 1 fully saturated rings. The highest BCUT2D eigenvalue weighted by Gasteiger charge is 2.35. The lowest BCUT2D eigenvalue weighted by Crippen LogP contribution is -2.41. The van der Waals surface area contributed by atoms with Gasteiger partial charge in [0.2, 0.25) is 0 Å². The molecule has 0 aliphatic carbocycles. The van der Waals surface area contributed by atoms with Gasteiger partial charge >= 0.3 is 5.97 Å². The summed E-state index contributed by atoms with van der Waals surface area (Å²) in [4.78, 5) is 27.7. The van der Waals surface area contributed by atoms with E-state index in [4.69, 9.17) is 4.74 Å². The Kier molecular flexibility index (Phi) is 4.27. The summed E-state index contributed by atoms with van der Waals surface area (Å²) in [5, 5.41) is 0. The number of ether oxygens (including phenoxy) is 1. The fourth-order valence-electron chi connectivity index (χ4n) is 2.46. The van der Waals surface area contributed by atoms with Crippen LogP contribution in [0.2, 0.25) is 0 Å². The Morgan fingerprint density at radius 3 is 2.45 bits per heavy atom. The number of anilines is 1. The van der Waals surface area contributed by atoms with Crippen molar-refractivity contribution in [1.29, 1.82) is 0 Å². The lowest BCUT2D eigenvalue weighted by Gasteiger charge is -2.23. The third-order valence-corrected chi connectivity index (χ3v) is 3.62. The predicted octanol–water partition coefficient (Wildman–Crippen LogP) is 1.53. The maximum Gasteiger partial charge on any atom is 0.328 e. The molecule has 1 aliphatic rings. The Morgan fingerprint density at radius 1 is 1.25 bits per heavy atom. The molecule has 5 heteroatoms. The standard InChI is InChI=1S/C15H20N2O3/c1-16(2)12-8-6-11(7-9-12)14(18)17-10-4-5-13(17)15(19)20-3/h6-9,13H,4-5,10H2,1-3H3. The van der Waals surface area contributed by atoms with Crippen LogP contribution < -0.4 is 4.90 Å². The molecule has 0 aromatic heterocycles. The summed E-state index contributed by atoms with van der Waals surface area (Å²) in [6.45, 7) is 0.605. The SMILES string of the molecule is COC(=O)C1CCCN1C(=O)c1ccc(N(C)C)cc1. The van der Waals surface area contributed by atoms with E-state index in [0.717, 1.165) is 12.1 Å². The molecule has 1 heterocycles. The van der Waals surface area contributed by atoms with E-state index in [2.05, 4.69) is 0 Å². The molecule has 0 saturated carbocycles. The molecule has 1 aliphatic heterocycles. The number of likely N-dealkylation sites (tertiary alicyclic amines) is 1. The second-order valence-corrected chi connectivity index (χ2v) is 5.12. The minimum absolute atomic E-state index is 0.108. The molecule has 5 nitrogen and oxygen atoms in total. The monoisotopic (exact) mass is 276 g/mol. The van der Waals surface area contributed by atoms with E-state index in [1.54, 1.807) is 17.0 Å². The van der Waals surface area contributed by atoms with Gasteiger partial charge in [0.25, 0.3) is 5.91 Å². The van der Waals surface area contributed by atoms with Gasteiger partial charge in [0.15, 0.2) is 0 Å². The molecule has 108 valence electrons. The van der Waals surface area contributed by atoms with Crippen LogP contribution in [0, 0.1) is 0 Å². The normalized spacial score (nSPS) is 17.9. The van der Waals surface area contributed by atoms with E-state index in [0.29, 0.717) is 18.5 Å². The summed E-state index contributed by atoms with van der Waals surface area (Å²) in [5.41, 5.74) is 1.64. The Balaban J connectivity index is 2.16. The smallest absolute Gasteiger partial charge is 0.328 e. The van der Waals surface area contributed by atoms with Crippen molar-refractivity contribution >= 4 is 17.6 Å². The van der Waals surface area contributed by atoms with Crippen molar-refractivity contribution in [2.24, 2.45) is 0 Å². The van der Waals surface area contributed by atoms with Crippen molar-refractivity contribution in [3.8, 4) is 0 Å². The average molecular weight is 276 g/mol. The van der Waals surface area contributed by atoms with Crippen LogP contribution in [0.5, 0.6) is 0 Å². The van der Waals surface area contributed by atoms with Gasteiger partial charge in [-0.15, -0.1) is 0 Å². The van der Waals surface area contributed by atoms with Crippen LogP contribution in [0.3, 0.4) is 0 Å². The first-order valence-corrected chi connectivity index (χ1v) is 6.70. The second kappa shape index (κ2) is 5.94. The number of nitrogens with zero attached hydrogens (tertiary/aromatic N) is 2. The molecule has 2 rings (SSSR count). The van der Waals surface area contributed by atoms with E-state index < -0.39 is 6.04 Å². The molecule has 1 saturated heterocycles. The molecule has 1 amide bonds. The zero-order valence-electron chi connectivity index (χ0n) is 12.1. The van der Waals surface area contributed by atoms with Gasteiger partial charge in [0, 0.05) is 31.9 Å². The number of carbonyl (C=O) groups excluding carboxylic acids is 2. The van der Waals surface area contributed by atoms with Gasteiger partial charge in [-0.1, -0.05) is 0 Å². The third-order valence-electron chi connectivity index (χ3n) is 3.62. The van der Waals surface area contributed by atoms with Crippen LogP contribution in [0.25, 0.3) is 0 Å². The highest BCUT2D eigenvalue weighted by atomic mass is 16.5. The van der Waals surface area contributed by atoms with Crippen LogP contribution >= 0.6 is 0 Å². The number of methoxy groups -OCH3 is 1. The number of benzene rings is 1. The Hall–Kier alpha value is -2.04. The summed E-state index contributed by atoms with van der Waals surface area (Å²) < 4.78 is 4.76.